The van der Waals surface area contributed by atoms with Crippen molar-refractivity contribution in [2.45, 2.75) is 18.8 Å². The van der Waals surface area contributed by atoms with E-state index < -0.39 is 11.6 Å². The zero-order valence-electron chi connectivity index (χ0n) is 10.4. The van der Waals surface area contributed by atoms with Crippen LogP contribution >= 0.6 is 0 Å². The predicted octanol–water partition coefficient (Wildman–Crippen LogP) is 2.82. The Balaban J connectivity index is 1.87. The molecule has 5 heteroatoms. The van der Waals surface area contributed by atoms with Crippen molar-refractivity contribution in [2.24, 2.45) is 0 Å². The van der Waals surface area contributed by atoms with Crippen LogP contribution in [0.3, 0.4) is 0 Å². The van der Waals surface area contributed by atoms with Gasteiger partial charge in [0.05, 0.1) is 5.69 Å². The van der Waals surface area contributed by atoms with Crippen LogP contribution in [0, 0.1) is 11.6 Å². The summed E-state index contributed by atoms with van der Waals surface area (Å²) in [7, 11) is 0. The topological polar surface area (TPSA) is 40.7 Å². The maximum atomic E-state index is 13.7. The standard InChI is InChI=1S/C14H15F2N3/c15-10-3-4-11(12(16)6-10)14-7-13(18-19-14)9-2-1-5-17-8-9/h3-4,6-7,9,17H,1-2,5,8H2,(H,18,19)/t9-/m0/s1. The minimum absolute atomic E-state index is 0.327. The van der Waals surface area contributed by atoms with Gasteiger partial charge in [-0.25, -0.2) is 8.78 Å². The third-order valence-corrected chi connectivity index (χ3v) is 3.54. The van der Waals surface area contributed by atoms with Crippen molar-refractivity contribution in [3.05, 3.63) is 41.6 Å². The summed E-state index contributed by atoms with van der Waals surface area (Å²) in [6.07, 6.45) is 2.23. The molecule has 0 radical (unpaired) electrons. The summed E-state index contributed by atoms with van der Waals surface area (Å²) in [6.45, 7) is 1.96. The van der Waals surface area contributed by atoms with Crippen molar-refractivity contribution in [3.63, 3.8) is 0 Å². The van der Waals surface area contributed by atoms with Crippen LogP contribution in [0.2, 0.25) is 0 Å². The summed E-state index contributed by atoms with van der Waals surface area (Å²) in [5.41, 5.74) is 1.86. The van der Waals surface area contributed by atoms with E-state index in [-0.39, 0.29) is 0 Å². The van der Waals surface area contributed by atoms with Gasteiger partial charge in [-0.1, -0.05) is 0 Å². The van der Waals surface area contributed by atoms with Crippen molar-refractivity contribution in [3.8, 4) is 11.3 Å². The molecule has 1 aliphatic rings. The average molecular weight is 263 g/mol. The van der Waals surface area contributed by atoms with E-state index in [4.69, 9.17) is 0 Å². The number of hydrogen-bond donors (Lipinski definition) is 2. The van der Waals surface area contributed by atoms with Crippen LogP contribution < -0.4 is 5.32 Å². The number of hydrogen-bond acceptors (Lipinski definition) is 2. The minimum atomic E-state index is -0.584. The van der Waals surface area contributed by atoms with Crippen LogP contribution in [0.25, 0.3) is 11.3 Å². The van der Waals surface area contributed by atoms with Crippen molar-refractivity contribution in [1.29, 1.82) is 0 Å². The van der Waals surface area contributed by atoms with Gasteiger partial charge in [0.25, 0.3) is 0 Å². The second-order valence-electron chi connectivity index (χ2n) is 4.88. The molecule has 100 valence electrons. The molecule has 2 aromatic rings. The highest BCUT2D eigenvalue weighted by atomic mass is 19.1. The van der Waals surface area contributed by atoms with Gasteiger partial charge in [0.15, 0.2) is 0 Å². The van der Waals surface area contributed by atoms with Crippen molar-refractivity contribution in [2.75, 3.05) is 13.1 Å². The predicted molar refractivity (Wildman–Crippen MR) is 68.8 cm³/mol. The smallest absolute Gasteiger partial charge is 0.135 e. The van der Waals surface area contributed by atoms with E-state index in [0.717, 1.165) is 37.7 Å². The second-order valence-corrected chi connectivity index (χ2v) is 4.88. The van der Waals surface area contributed by atoms with Crippen molar-refractivity contribution < 1.29 is 8.78 Å². The Morgan fingerprint density at radius 3 is 2.84 bits per heavy atom. The fraction of sp³-hybridized carbons (Fsp3) is 0.357. The first-order valence-electron chi connectivity index (χ1n) is 6.45. The van der Waals surface area contributed by atoms with Gasteiger partial charge >= 0.3 is 0 Å². The Morgan fingerprint density at radius 1 is 1.21 bits per heavy atom. The van der Waals surface area contributed by atoms with Crippen molar-refractivity contribution >= 4 is 0 Å². The average Bonchev–Trinajstić information content (AvgIpc) is 2.89. The molecule has 1 atom stereocenters. The summed E-state index contributed by atoms with van der Waals surface area (Å²) in [5, 5.41) is 10.4. The number of piperidine rings is 1. The third kappa shape index (κ3) is 2.51. The Hall–Kier alpha value is -1.75. The minimum Gasteiger partial charge on any atom is -0.316 e. The molecule has 0 spiro atoms. The van der Waals surface area contributed by atoms with Gasteiger partial charge in [-0.2, -0.15) is 5.10 Å². The molecule has 1 fully saturated rings. The molecule has 19 heavy (non-hydrogen) atoms. The highest BCUT2D eigenvalue weighted by Gasteiger charge is 2.18. The lowest BCUT2D eigenvalue weighted by Gasteiger charge is -2.21. The summed E-state index contributed by atoms with van der Waals surface area (Å²) < 4.78 is 26.6. The normalized spacial score (nSPS) is 19.6. The summed E-state index contributed by atoms with van der Waals surface area (Å²) >= 11 is 0. The quantitative estimate of drug-likeness (QED) is 0.874. The molecule has 1 aliphatic heterocycles. The summed E-state index contributed by atoms with van der Waals surface area (Å²) in [4.78, 5) is 0. The molecule has 1 aromatic carbocycles. The Bertz CT molecular complexity index is 574. The molecule has 0 saturated carbocycles. The number of nitrogens with one attached hydrogen (secondary N) is 2. The van der Waals surface area contributed by atoms with E-state index in [1.165, 1.54) is 12.1 Å². The molecule has 3 rings (SSSR count). The van der Waals surface area contributed by atoms with Gasteiger partial charge in [-0.3, -0.25) is 5.10 Å². The largest absolute Gasteiger partial charge is 0.316 e. The molecule has 2 N–H and O–H groups in total. The zero-order chi connectivity index (χ0) is 13.2. The monoisotopic (exact) mass is 263 g/mol. The van der Waals surface area contributed by atoms with Gasteiger partial charge in [-0.05, 0) is 37.6 Å². The molecule has 0 aliphatic carbocycles. The van der Waals surface area contributed by atoms with Crippen molar-refractivity contribution in [1.82, 2.24) is 15.5 Å². The highest BCUT2D eigenvalue weighted by molar-refractivity contribution is 5.60. The fourth-order valence-corrected chi connectivity index (χ4v) is 2.50. The molecule has 2 heterocycles. The van der Waals surface area contributed by atoms with Gasteiger partial charge in [-0.15, -0.1) is 0 Å². The van der Waals surface area contributed by atoms with Crippen LogP contribution in [0.5, 0.6) is 0 Å². The third-order valence-electron chi connectivity index (χ3n) is 3.54. The molecule has 0 unspecified atom stereocenters. The lowest BCUT2D eigenvalue weighted by Crippen LogP contribution is -2.28. The van der Waals surface area contributed by atoms with Crippen LogP contribution in [0.15, 0.2) is 24.3 Å². The first-order valence-corrected chi connectivity index (χ1v) is 6.45. The van der Waals surface area contributed by atoms with E-state index in [0.29, 0.717) is 17.2 Å². The molecule has 3 nitrogen and oxygen atoms in total. The number of H-pyrrole nitrogens is 1. The van der Waals surface area contributed by atoms with Gasteiger partial charge in [0.1, 0.15) is 11.6 Å². The van der Waals surface area contributed by atoms with Crippen LogP contribution in [0.1, 0.15) is 24.5 Å². The molecule has 0 amide bonds. The summed E-state index contributed by atoms with van der Waals surface area (Å²) in [6, 6.07) is 5.40. The second kappa shape index (κ2) is 5.09. The number of aromatic amines is 1. The van der Waals surface area contributed by atoms with Gasteiger partial charge in [0, 0.05) is 29.8 Å². The van der Waals surface area contributed by atoms with E-state index in [2.05, 4.69) is 15.5 Å². The molecule has 1 aromatic heterocycles. The van der Waals surface area contributed by atoms with Gasteiger partial charge < -0.3 is 5.32 Å². The fourth-order valence-electron chi connectivity index (χ4n) is 2.50. The van der Waals surface area contributed by atoms with E-state index in [9.17, 15) is 8.78 Å². The van der Waals surface area contributed by atoms with E-state index in [1.807, 2.05) is 6.07 Å². The number of aromatic nitrogens is 2. The molecule has 0 bridgehead atoms. The molecular formula is C14H15F2N3. The Labute approximate surface area is 110 Å². The maximum Gasteiger partial charge on any atom is 0.135 e. The number of benzene rings is 1. The van der Waals surface area contributed by atoms with Crippen LogP contribution in [-0.2, 0) is 0 Å². The van der Waals surface area contributed by atoms with E-state index in [1.54, 1.807) is 0 Å². The first kappa shape index (κ1) is 12.3. The van der Waals surface area contributed by atoms with Gasteiger partial charge in [0.2, 0.25) is 0 Å². The molecular weight excluding hydrogens is 248 g/mol. The zero-order valence-corrected chi connectivity index (χ0v) is 10.4. The Kier molecular flexibility index (Phi) is 3.29. The maximum absolute atomic E-state index is 13.7. The highest BCUT2D eigenvalue weighted by Crippen LogP contribution is 2.27. The van der Waals surface area contributed by atoms with E-state index >= 15 is 0 Å². The number of nitrogens with zero attached hydrogens (tertiary/aromatic N) is 1. The Morgan fingerprint density at radius 2 is 2.11 bits per heavy atom. The number of halogens is 2. The lowest BCUT2D eigenvalue weighted by molar-refractivity contribution is 0.454. The first-order chi connectivity index (χ1) is 9.24. The lowest BCUT2D eigenvalue weighted by atomic mass is 9.96. The summed E-state index contributed by atoms with van der Waals surface area (Å²) in [5.74, 6) is -0.771. The number of rotatable bonds is 2. The molecule has 1 saturated heterocycles. The van der Waals surface area contributed by atoms with Crippen LogP contribution in [-0.4, -0.2) is 23.3 Å². The van der Waals surface area contributed by atoms with Crippen LogP contribution in [0.4, 0.5) is 8.78 Å². The SMILES string of the molecule is Fc1ccc(-c2cc([C@H]3CCCNC3)[nH]n2)c(F)c1.